The van der Waals surface area contributed by atoms with E-state index in [2.05, 4.69) is 0 Å². The number of benzene rings is 1. The van der Waals surface area contributed by atoms with E-state index in [1.54, 1.807) is 10.6 Å². The van der Waals surface area contributed by atoms with Gasteiger partial charge < -0.3 is 4.90 Å². The molecule has 1 aliphatic heterocycles. The van der Waals surface area contributed by atoms with Crippen LogP contribution in [-0.4, -0.2) is 21.9 Å². The fraction of sp³-hybridized carbons (Fsp3) is 0.444. The minimum Gasteiger partial charge on any atom is -0.334 e. The predicted molar refractivity (Wildman–Crippen MR) is 92.9 cm³/mol. The zero-order valence-corrected chi connectivity index (χ0v) is 15.0. The van der Waals surface area contributed by atoms with Crippen LogP contribution < -0.4 is 4.87 Å². The number of carbonyl (C=O) groups excluding carboxylic acids is 1. The summed E-state index contributed by atoms with van der Waals surface area (Å²) in [4.78, 5) is 27.5. The van der Waals surface area contributed by atoms with Crippen LogP contribution in [0.2, 0.25) is 0 Å². The van der Waals surface area contributed by atoms with E-state index < -0.39 is 0 Å². The second kappa shape index (κ2) is 6.51. The highest BCUT2D eigenvalue weighted by Crippen LogP contribution is 2.34. The van der Waals surface area contributed by atoms with Gasteiger partial charge in [0.15, 0.2) is 0 Å². The fourth-order valence-electron chi connectivity index (χ4n) is 3.40. The molecule has 0 aliphatic carbocycles. The summed E-state index contributed by atoms with van der Waals surface area (Å²) in [5, 5.41) is 0. The molecule has 1 atom stereocenters. The topological polar surface area (TPSA) is 42.3 Å². The molecule has 1 fully saturated rings. The van der Waals surface area contributed by atoms with Gasteiger partial charge in [-0.15, -0.1) is 0 Å². The number of rotatable bonds is 3. The van der Waals surface area contributed by atoms with E-state index in [4.69, 9.17) is 0 Å². The lowest BCUT2D eigenvalue weighted by Crippen LogP contribution is -2.35. The zero-order chi connectivity index (χ0) is 17.4. The van der Waals surface area contributed by atoms with Crippen molar-refractivity contribution in [3.05, 3.63) is 55.4 Å². The van der Waals surface area contributed by atoms with Crippen LogP contribution in [0.3, 0.4) is 0 Å². The van der Waals surface area contributed by atoms with Gasteiger partial charge in [0.1, 0.15) is 12.4 Å². The van der Waals surface area contributed by atoms with E-state index >= 15 is 0 Å². The minimum absolute atomic E-state index is 0.0335. The van der Waals surface area contributed by atoms with Crippen molar-refractivity contribution in [1.29, 1.82) is 0 Å². The number of hydrogen-bond donors (Lipinski definition) is 0. The van der Waals surface area contributed by atoms with E-state index in [-0.39, 0.29) is 29.2 Å². The van der Waals surface area contributed by atoms with E-state index in [1.165, 1.54) is 23.5 Å². The van der Waals surface area contributed by atoms with Gasteiger partial charge in [0, 0.05) is 17.1 Å². The minimum atomic E-state index is -0.261. The Morgan fingerprint density at radius 3 is 2.71 bits per heavy atom. The Kier molecular flexibility index (Phi) is 4.58. The number of thiazole rings is 1. The lowest BCUT2D eigenvalue weighted by molar-refractivity contribution is -0.132. The molecule has 6 heteroatoms. The largest absolute Gasteiger partial charge is 0.334 e. The summed E-state index contributed by atoms with van der Waals surface area (Å²) < 4.78 is 14.9. The summed E-state index contributed by atoms with van der Waals surface area (Å²) >= 11 is 1.18. The Bertz CT molecular complexity index is 840. The molecule has 1 unspecified atom stereocenters. The second-order valence-electron chi connectivity index (χ2n) is 6.34. The van der Waals surface area contributed by atoms with E-state index in [9.17, 15) is 14.0 Å². The first-order chi connectivity index (χ1) is 11.4. The van der Waals surface area contributed by atoms with Crippen molar-refractivity contribution in [2.45, 2.75) is 46.2 Å². The van der Waals surface area contributed by atoms with E-state index in [0.29, 0.717) is 6.54 Å². The van der Waals surface area contributed by atoms with Crippen molar-refractivity contribution in [1.82, 2.24) is 9.47 Å². The molecular weight excluding hydrogens is 327 g/mol. The van der Waals surface area contributed by atoms with E-state index in [1.807, 2.05) is 25.7 Å². The molecule has 0 N–H and O–H groups in total. The predicted octanol–water partition coefficient (Wildman–Crippen LogP) is 3.34. The summed E-state index contributed by atoms with van der Waals surface area (Å²) in [5.41, 5.74) is 2.71. The number of carbonyl (C=O) groups is 1. The number of likely N-dealkylation sites (tertiary alicyclic amines) is 1. The first kappa shape index (κ1) is 16.9. The van der Waals surface area contributed by atoms with Crippen molar-refractivity contribution < 1.29 is 9.18 Å². The average molecular weight is 348 g/mol. The Labute approximate surface area is 144 Å². The van der Waals surface area contributed by atoms with Crippen molar-refractivity contribution in [3.63, 3.8) is 0 Å². The SMILES string of the molecule is Cc1cc(F)ccc1C1CCCN1C(=O)Cn1c(C)c(C)sc1=O. The average Bonchev–Trinajstić information content (AvgIpc) is 3.08. The van der Waals surface area contributed by atoms with Crippen molar-refractivity contribution in [2.75, 3.05) is 6.54 Å². The number of hydrogen-bond acceptors (Lipinski definition) is 3. The number of amides is 1. The quantitative estimate of drug-likeness (QED) is 0.854. The highest BCUT2D eigenvalue weighted by molar-refractivity contribution is 7.09. The first-order valence-corrected chi connectivity index (χ1v) is 8.92. The number of aryl methyl sites for hydroxylation is 2. The van der Waals surface area contributed by atoms with Gasteiger partial charge in [-0.25, -0.2) is 4.39 Å². The molecule has 1 saturated heterocycles. The van der Waals surface area contributed by atoms with Crippen LogP contribution in [0.5, 0.6) is 0 Å². The molecule has 0 saturated carbocycles. The third-order valence-electron chi connectivity index (χ3n) is 4.83. The summed E-state index contributed by atoms with van der Waals surface area (Å²) in [6, 6.07) is 4.69. The number of halogens is 1. The molecule has 3 rings (SSSR count). The van der Waals surface area contributed by atoms with Crippen LogP contribution in [0.15, 0.2) is 23.0 Å². The summed E-state index contributed by atoms with van der Waals surface area (Å²) in [6.45, 7) is 6.38. The molecule has 0 spiro atoms. The summed E-state index contributed by atoms with van der Waals surface area (Å²) in [5.74, 6) is -0.313. The zero-order valence-electron chi connectivity index (χ0n) is 14.1. The number of nitrogens with zero attached hydrogens (tertiary/aromatic N) is 2. The number of aromatic nitrogens is 1. The van der Waals surface area contributed by atoms with Crippen LogP contribution in [0, 0.1) is 26.6 Å². The maximum atomic E-state index is 13.4. The van der Waals surface area contributed by atoms with Crippen molar-refractivity contribution in [3.8, 4) is 0 Å². The molecule has 0 radical (unpaired) electrons. The highest BCUT2D eigenvalue weighted by Gasteiger charge is 2.31. The molecule has 1 aromatic carbocycles. The molecule has 2 heterocycles. The smallest absolute Gasteiger partial charge is 0.308 e. The Morgan fingerprint density at radius 2 is 2.08 bits per heavy atom. The molecule has 1 aliphatic rings. The van der Waals surface area contributed by atoms with Crippen LogP contribution >= 0.6 is 11.3 Å². The first-order valence-electron chi connectivity index (χ1n) is 8.11. The Morgan fingerprint density at radius 1 is 1.33 bits per heavy atom. The van der Waals surface area contributed by atoms with Gasteiger partial charge in [0.2, 0.25) is 5.91 Å². The van der Waals surface area contributed by atoms with E-state index in [0.717, 1.165) is 34.5 Å². The van der Waals surface area contributed by atoms with Crippen LogP contribution in [0.1, 0.15) is 40.6 Å². The third kappa shape index (κ3) is 3.02. The lowest BCUT2D eigenvalue weighted by Gasteiger charge is -2.26. The van der Waals surface area contributed by atoms with Crippen molar-refractivity contribution >= 4 is 17.2 Å². The maximum Gasteiger partial charge on any atom is 0.308 e. The van der Waals surface area contributed by atoms with Crippen molar-refractivity contribution in [2.24, 2.45) is 0 Å². The molecule has 2 aromatic rings. The van der Waals surface area contributed by atoms with Gasteiger partial charge in [-0.1, -0.05) is 17.4 Å². The van der Waals surface area contributed by atoms with Gasteiger partial charge in [-0.05, 0) is 56.9 Å². The van der Waals surface area contributed by atoms with Gasteiger partial charge in [0.05, 0.1) is 6.04 Å². The van der Waals surface area contributed by atoms with Gasteiger partial charge in [-0.2, -0.15) is 0 Å². The highest BCUT2D eigenvalue weighted by atomic mass is 32.1. The second-order valence-corrected chi connectivity index (χ2v) is 7.51. The van der Waals surface area contributed by atoms with Crippen LogP contribution in [0.4, 0.5) is 4.39 Å². The summed E-state index contributed by atoms with van der Waals surface area (Å²) in [6.07, 6.45) is 1.79. The van der Waals surface area contributed by atoms with Gasteiger partial charge in [0.25, 0.3) is 0 Å². The molecule has 1 aromatic heterocycles. The monoisotopic (exact) mass is 348 g/mol. The van der Waals surface area contributed by atoms with Crippen LogP contribution in [0.25, 0.3) is 0 Å². The molecule has 24 heavy (non-hydrogen) atoms. The van der Waals surface area contributed by atoms with Crippen LogP contribution in [-0.2, 0) is 11.3 Å². The fourth-order valence-corrected chi connectivity index (χ4v) is 4.23. The standard InChI is InChI=1S/C18H21FN2O2S/c1-11-9-14(19)6-7-15(11)16-5-4-8-20(16)17(22)10-21-12(2)13(3)24-18(21)23/h6-7,9,16H,4-5,8,10H2,1-3H3. The molecule has 128 valence electrons. The normalized spacial score (nSPS) is 17.5. The molecule has 0 bridgehead atoms. The maximum absolute atomic E-state index is 13.4. The molecule has 4 nitrogen and oxygen atoms in total. The molecule has 1 amide bonds. The Hall–Kier alpha value is -1.95. The lowest BCUT2D eigenvalue weighted by atomic mass is 9.99. The third-order valence-corrected chi connectivity index (χ3v) is 5.83. The summed E-state index contributed by atoms with van der Waals surface area (Å²) in [7, 11) is 0. The molecular formula is C18H21FN2O2S. The van der Waals surface area contributed by atoms with Gasteiger partial charge in [-0.3, -0.25) is 14.2 Å². The Balaban J connectivity index is 1.85. The van der Waals surface area contributed by atoms with Gasteiger partial charge >= 0.3 is 4.87 Å².